The summed E-state index contributed by atoms with van der Waals surface area (Å²) in [7, 11) is 1.87. The Hall–Kier alpha value is -1.00. The fraction of sp³-hybridized carbons (Fsp3) is 0.462. The molecule has 3 nitrogen and oxygen atoms in total. The molecular weight excluding hydrogens is 232 g/mol. The van der Waals surface area contributed by atoms with Crippen molar-refractivity contribution >= 4 is 17.7 Å². The molecule has 0 aliphatic rings. The van der Waals surface area contributed by atoms with E-state index in [1.807, 2.05) is 31.3 Å². The van der Waals surface area contributed by atoms with Crippen molar-refractivity contribution in [2.24, 2.45) is 0 Å². The van der Waals surface area contributed by atoms with Crippen molar-refractivity contribution in [1.82, 2.24) is 10.6 Å². The average molecular weight is 252 g/mol. The number of hydrogen-bond acceptors (Lipinski definition) is 3. The van der Waals surface area contributed by atoms with Crippen molar-refractivity contribution in [3.05, 3.63) is 29.8 Å². The quantitative estimate of drug-likeness (QED) is 0.602. The van der Waals surface area contributed by atoms with Gasteiger partial charge < -0.3 is 10.6 Å². The summed E-state index contributed by atoms with van der Waals surface area (Å²) in [4.78, 5) is 12.9. The molecule has 0 fully saturated rings. The molecule has 0 saturated heterocycles. The molecule has 17 heavy (non-hydrogen) atoms. The number of carbonyl (C=O) groups is 1. The van der Waals surface area contributed by atoms with Crippen LogP contribution in [0.15, 0.2) is 29.2 Å². The first-order valence-electron chi connectivity index (χ1n) is 5.83. The predicted octanol–water partition coefficient (Wildman–Crippen LogP) is 2.14. The summed E-state index contributed by atoms with van der Waals surface area (Å²) in [5.41, 5.74) is 0.717. The largest absolute Gasteiger partial charge is 0.351 e. The van der Waals surface area contributed by atoms with E-state index in [0.29, 0.717) is 17.4 Å². The SMILES string of the molecule is CNCCNC(=O)c1ccc(SC(C)C)cc1. The van der Waals surface area contributed by atoms with Crippen LogP contribution in [0.5, 0.6) is 0 Å². The fourth-order valence-electron chi connectivity index (χ4n) is 1.36. The highest BCUT2D eigenvalue weighted by Gasteiger charge is 2.05. The Balaban J connectivity index is 2.52. The van der Waals surface area contributed by atoms with Gasteiger partial charge in [0.05, 0.1) is 0 Å². The van der Waals surface area contributed by atoms with Crippen LogP contribution in [0.1, 0.15) is 24.2 Å². The molecule has 1 aromatic rings. The fourth-order valence-corrected chi connectivity index (χ4v) is 2.20. The molecule has 2 N–H and O–H groups in total. The van der Waals surface area contributed by atoms with E-state index in [2.05, 4.69) is 24.5 Å². The molecule has 0 aromatic heterocycles. The van der Waals surface area contributed by atoms with Gasteiger partial charge in [-0.3, -0.25) is 4.79 Å². The molecule has 0 atom stereocenters. The second-order valence-corrected chi connectivity index (χ2v) is 5.70. The van der Waals surface area contributed by atoms with Gasteiger partial charge in [0.15, 0.2) is 0 Å². The minimum absolute atomic E-state index is 0.0126. The van der Waals surface area contributed by atoms with Gasteiger partial charge in [-0.05, 0) is 31.3 Å². The third kappa shape index (κ3) is 5.24. The van der Waals surface area contributed by atoms with Crippen LogP contribution in [-0.4, -0.2) is 31.3 Å². The van der Waals surface area contributed by atoms with Gasteiger partial charge in [-0.1, -0.05) is 13.8 Å². The number of carbonyl (C=O) groups excluding carboxylic acids is 1. The summed E-state index contributed by atoms with van der Waals surface area (Å²) in [6.07, 6.45) is 0. The Morgan fingerprint density at radius 3 is 2.41 bits per heavy atom. The lowest BCUT2D eigenvalue weighted by atomic mass is 10.2. The summed E-state index contributed by atoms with van der Waals surface area (Å²) in [5, 5.41) is 6.40. The van der Waals surface area contributed by atoms with Gasteiger partial charge in [0.2, 0.25) is 0 Å². The number of likely N-dealkylation sites (N-methyl/N-ethyl adjacent to an activating group) is 1. The zero-order valence-corrected chi connectivity index (χ0v) is 11.4. The zero-order chi connectivity index (χ0) is 12.7. The second kappa shape index (κ2) is 7.35. The third-order valence-electron chi connectivity index (χ3n) is 2.15. The lowest BCUT2D eigenvalue weighted by Crippen LogP contribution is -2.30. The van der Waals surface area contributed by atoms with Gasteiger partial charge in [-0.25, -0.2) is 0 Å². The van der Waals surface area contributed by atoms with Crippen molar-refractivity contribution in [3.63, 3.8) is 0 Å². The molecule has 0 aliphatic carbocycles. The van der Waals surface area contributed by atoms with Crippen LogP contribution in [-0.2, 0) is 0 Å². The normalized spacial score (nSPS) is 10.6. The van der Waals surface area contributed by atoms with Crippen molar-refractivity contribution < 1.29 is 4.79 Å². The van der Waals surface area contributed by atoms with E-state index in [1.165, 1.54) is 4.90 Å². The number of thioether (sulfide) groups is 1. The lowest BCUT2D eigenvalue weighted by molar-refractivity contribution is 0.0954. The van der Waals surface area contributed by atoms with E-state index in [1.54, 1.807) is 11.8 Å². The maximum Gasteiger partial charge on any atom is 0.251 e. The standard InChI is InChI=1S/C13H20N2OS/c1-10(2)17-12-6-4-11(5-7-12)13(16)15-9-8-14-3/h4-7,10,14H,8-9H2,1-3H3,(H,15,16). The summed E-state index contributed by atoms with van der Waals surface area (Å²) in [5.74, 6) is -0.0126. The second-order valence-electron chi connectivity index (χ2n) is 4.05. The molecule has 1 aromatic carbocycles. The Bertz CT molecular complexity index is 349. The minimum atomic E-state index is -0.0126. The molecule has 1 amide bonds. The number of hydrogen-bond donors (Lipinski definition) is 2. The first-order chi connectivity index (χ1) is 8.13. The highest BCUT2D eigenvalue weighted by Crippen LogP contribution is 2.22. The number of benzene rings is 1. The third-order valence-corrected chi connectivity index (χ3v) is 3.16. The topological polar surface area (TPSA) is 41.1 Å². The lowest BCUT2D eigenvalue weighted by Gasteiger charge is -2.07. The van der Waals surface area contributed by atoms with Crippen LogP contribution in [0.4, 0.5) is 0 Å². The summed E-state index contributed by atoms with van der Waals surface area (Å²) in [6, 6.07) is 7.74. The molecular formula is C13H20N2OS. The minimum Gasteiger partial charge on any atom is -0.351 e. The van der Waals surface area contributed by atoms with Crippen molar-refractivity contribution in [3.8, 4) is 0 Å². The smallest absolute Gasteiger partial charge is 0.251 e. The van der Waals surface area contributed by atoms with Gasteiger partial charge >= 0.3 is 0 Å². The van der Waals surface area contributed by atoms with E-state index >= 15 is 0 Å². The monoisotopic (exact) mass is 252 g/mol. The Morgan fingerprint density at radius 1 is 1.24 bits per heavy atom. The Morgan fingerprint density at radius 2 is 1.88 bits per heavy atom. The number of amides is 1. The first-order valence-corrected chi connectivity index (χ1v) is 6.71. The van der Waals surface area contributed by atoms with E-state index in [-0.39, 0.29) is 5.91 Å². The summed E-state index contributed by atoms with van der Waals surface area (Å²) >= 11 is 1.80. The Labute approximate surface area is 107 Å². The molecule has 0 heterocycles. The maximum absolute atomic E-state index is 11.7. The maximum atomic E-state index is 11.7. The molecule has 4 heteroatoms. The van der Waals surface area contributed by atoms with Crippen LogP contribution in [0, 0.1) is 0 Å². The van der Waals surface area contributed by atoms with E-state index in [0.717, 1.165) is 6.54 Å². The van der Waals surface area contributed by atoms with Crippen LogP contribution in [0.2, 0.25) is 0 Å². The van der Waals surface area contributed by atoms with Crippen LogP contribution >= 0.6 is 11.8 Å². The van der Waals surface area contributed by atoms with E-state index < -0.39 is 0 Å². The highest BCUT2D eigenvalue weighted by atomic mass is 32.2. The van der Waals surface area contributed by atoms with E-state index in [9.17, 15) is 4.79 Å². The van der Waals surface area contributed by atoms with Crippen molar-refractivity contribution in [2.45, 2.75) is 24.0 Å². The van der Waals surface area contributed by atoms with Gasteiger partial charge in [0.25, 0.3) is 5.91 Å². The molecule has 0 unspecified atom stereocenters. The van der Waals surface area contributed by atoms with Crippen LogP contribution < -0.4 is 10.6 Å². The van der Waals surface area contributed by atoms with Gasteiger partial charge in [-0.2, -0.15) is 0 Å². The number of rotatable bonds is 6. The van der Waals surface area contributed by atoms with Crippen molar-refractivity contribution in [1.29, 1.82) is 0 Å². The molecule has 0 bridgehead atoms. The van der Waals surface area contributed by atoms with E-state index in [4.69, 9.17) is 0 Å². The highest BCUT2D eigenvalue weighted by molar-refractivity contribution is 7.99. The summed E-state index contributed by atoms with van der Waals surface area (Å²) < 4.78 is 0. The average Bonchev–Trinajstić information content (AvgIpc) is 2.29. The number of nitrogens with one attached hydrogen (secondary N) is 2. The molecule has 0 spiro atoms. The Kier molecular flexibility index (Phi) is 6.08. The molecule has 0 aliphatic heterocycles. The molecule has 1 rings (SSSR count). The van der Waals surface area contributed by atoms with Gasteiger partial charge in [0, 0.05) is 28.8 Å². The zero-order valence-electron chi connectivity index (χ0n) is 10.6. The molecule has 94 valence electrons. The van der Waals surface area contributed by atoms with Crippen molar-refractivity contribution in [2.75, 3.05) is 20.1 Å². The molecule has 0 saturated carbocycles. The summed E-state index contributed by atoms with van der Waals surface area (Å²) in [6.45, 7) is 5.75. The van der Waals surface area contributed by atoms with Crippen LogP contribution in [0.25, 0.3) is 0 Å². The predicted molar refractivity (Wildman–Crippen MR) is 73.7 cm³/mol. The van der Waals surface area contributed by atoms with Gasteiger partial charge in [-0.15, -0.1) is 11.8 Å². The van der Waals surface area contributed by atoms with Crippen LogP contribution in [0.3, 0.4) is 0 Å². The molecule has 0 radical (unpaired) electrons. The first kappa shape index (κ1) is 14.1. The van der Waals surface area contributed by atoms with Gasteiger partial charge in [0.1, 0.15) is 0 Å².